The summed E-state index contributed by atoms with van der Waals surface area (Å²) in [6, 6.07) is 0. The lowest BCUT2D eigenvalue weighted by molar-refractivity contribution is 0.127. The van der Waals surface area contributed by atoms with E-state index in [1.54, 1.807) is 0 Å². The second-order valence-electron chi connectivity index (χ2n) is 2.23. The Balaban J connectivity index is 1.98. The number of hydrogen-bond donors (Lipinski definition) is 0. The Kier molecular flexibility index (Phi) is 2.55. The van der Waals surface area contributed by atoms with Crippen molar-refractivity contribution in [3.8, 4) is 0 Å². The van der Waals surface area contributed by atoms with Gasteiger partial charge in [-0.15, -0.1) is 18.2 Å². The van der Waals surface area contributed by atoms with Gasteiger partial charge in [-0.05, 0) is 6.42 Å². The van der Waals surface area contributed by atoms with Crippen LogP contribution in [0.25, 0.3) is 0 Å². The van der Waals surface area contributed by atoms with E-state index in [-0.39, 0.29) is 0 Å². The highest BCUT2D eigenvalue weighted by Gasteiger charge is 2.34. The van der Waals surface area contributed by atoms with Gasteiger partial charge in [0.1, 0.15) is 0 Å². The molecule has 0 spiro atoms. The van der Waals surface area contributed by atoms with Crippen molar-refractivity contribution in [2.45, 2.75) is 12.5 Å². The minimum absolute atomic E-state index is 0.432. The van der Waals surface area contributed by atoms with Gasteiger partial charge in [-0.1, -0.05) is 6.08 Å². The fourth-order valence-corrected chi connectivity index (χ4v) is 0.914. The molecule has 2 atom stereocenters. The van der Waals surface area contributed by atoms with Crippen LogP contribution >= 0.6 is 11.6 Å². The number of alkyl halides is 1. The van der Waals surface area contributed by atoms with E-state index < -0.39 is 0 Å². The van der Waals surface area contributed by atoms with Crippen LogP contribution in [0.4, 0.5) is 0 Å². The van der Waals surface area contributed by atoms with Crippen molar-refractivity contribution in [1.29, 1.82) is 0 Å². The van der Waals surface area contributed by atoms with Crippen LogP contribution in [0.3, 0.4) is 0 Å². The normalized spacial score (nSPS) is 32.1. The van der Waals surface area contributed by atoms with Gasteiger partial charge in [0.05, 0.1) is 12.7 Å². The average Bonchev–Trinajstić information content (AvgIpc) is 2.62. The molecule has 9 heavy (non-hydrogen) atoms. The molecule has 0 N–H and O–H groups in total. The Bertz CT molecular complexity index is 103. The third kappa shape index (κ3) is 1.99. The summed E-state index contributed by atoms with van der Waals surface area (Å²) in [6.45, 7) is 4.35. The molecule has 0 aromatic carbocycles. The van der Waals surface area contributed by atoms with Crippen LogP contribution in [0.2, 0.25) is 0 Å². The Labute approximate surface area is 60.7 Å². The first kappa shape index (κ1) is 7.10. The zero-order valence-corrected chi connectivity index (χ0v) is 6.10. The molecule has 1 rings (SSSR count). The Hall–Kier alpha value is -0.0100. The molecule has 0 bridgehead atoms. The van der Waals surface area contributed by atoms with Crippen LogP contribution in [-0.2, 0) is 4.74 Å². The highest BCUT2D eigenvalue weighted by molar-refractivity contribution is 6.17. The third-order valence-electron chi connectivity index (χ3n) is 1.49. The van der Waals surface area contributed by atoms with Crippen molar-refractivity contribution in [1.82, 2.24) is 0 Å². The SMILES string of the molecule is C=C[C@H]1C[C@@H]1OCCCl. The zero-order chi connectivity index (χ0) is 6.69. The van der Waals surface area contributed by atoms with Gasteiger partial charge in [-0.3, -0.25) is 0 Å². The Morgan fingerprint density at radius 1 is 1.78 bits per heavy atom. The van der Waals surface area contributed by atoms with E-state index in [1.807, 2.05) is 6.08 Å². The van der Waals surface area contributed by atoms with Crippen molar-refractivity contribution in [2.75, 3.05) is 12.5 Å². The first-order chi connectivity index (χ1) is 4.38. The second kappa shape index (κ2) is 3.23. The molecule has 0 radical (unpaired) electrons. The van der Waals surface area contributed by atoms with Gasteiger partial charge in [-0.2, -0.15) is 0 Å². The minimum Gasteiger partial charge on any atom is -0.376 e. The maximum Gasteiger partial charge on any atom is 0.0645 e. The lowest BCUT2D eigenvalue weighted by Crippen LogP contribution is -1.98. The van der Waals surface area contributed by atoms with Crippen molar-refractivity contribution in [2.24, 2.45) is 5.92 Å². The van der Waals surface area contributed by atoms with Crippen LogP contribution in [0.5, 0.6) is 0 Å². The van der Waals surface area contributed by atoms with Gasteiger partial charge >= 0.3 is 0 Å². The molecule has 0 heterocycles. The van der Waals surface area contributed by atoms with E-state index in [1.165, 1.54) is 0 Å². The van der Waals surface area contributed by atoms with E-state index in [0.29, 0.717) is 24.5 Å². The van der Waals surface area contributed by atoms with E-state index >= 15 is 0 Å². The average molecular weight is 147 g/mol. The molecule has 1 nitrogen and oxygen atoms in total. The fraction of sp³-hybridized carbons (Fsp3) is 0.714. The highest BCUT2D eigenvalue weighted by atomic mass is 35.5. The van der Waals surface area contributed by atoms with Crippen LogP contribution in [0.15, 0.2) is 12.7 Å². The molecular weight excluding hydrogens is 136 g/mol. The summed E-state index contributed by atoms with van der Waals surface area (Å²) in [4.78, 5) is 0. The number of hydrogen-bond acceptors (Lipinski definition) is 1. The van der Waals surface area contributed by atoms with Gasteiger partial charge in [-0.25, -0.2) is 0 Å². The van der Waals surface area contributed by atoms with Crippen LogP contribution in [-0.4, -0.2) is 18.6 Å². The molecule has 0 saturated heterocycles. The van der Waals surface area contributed by atoms with E-state index in [0.717, 1.165) is 6.42 Å². The zero-order valence-electron chi connectivity index (χ0n) is 5.35. The van der Waals surface area contributed by atoms with E-state index in [2.05, 4.69) is 6.58 Å². The molecule has 1 aliphatic carbocycles. The topological polar surface area (TPSA) is 9.23 Å². The van der Waals surface area contributed by atoms with Crippen molar-refractivity contribution in [3.63, 3.8) is 0 Å². The lowest BCUT2D eigenvalue weighted by Gasteiger charge is -1.95. The molecular formula is C7H11ClO. The summed E-state index contributed by atoms with van der Waals surface area (Å²) >= 11 is 5.41. The van der Waals surface area contributed by atoms with Gasteiger partial charge in [0.15, 0.2) is 0 Å². The van der Waals surface area contributed by atoms with Gasteiger partial charge in [0.2, 0.25) is 0 Å². The minimum atomic E-state index is 0.432. The van der Waals surface area contributed by atoms with Crippen molar-refractivity contribution >= 4 is 11.6 Å². The predicted molar refractivity (Wildman–Crippen MR) is 38.8 cm³/mol. The molecule has 0 aliphatic heterocycles. The molecule has 0 amide bonds. The molecule has 1 aliphatic rings. The fourth-order valence-electron chi connectivity index (χ4n) is 0.825. The summed E-state index contributed by atoms with van der Waals surface area (Å²) < 4.78 is 5.30. The molecule has 1 saturated carbocycles. The lowest BCUT2D eigenvalue weighted by atomic mass is 10.4. The molecule has 52 valence electrons. The summed E-state index contributed by atoms with van der Waals surface area (Å²) in [5, 5.41) is 0. The summed E-state index contributed by atoms with van der Waals surface area (Å²) in [7, 11) is 0. The first-order valence-corrected chi connectivity index (χ1v) is 3.72. The number of rotatable bonds is 4. The Morgan fingerprint density at radius 3 is 3.00 bits per heavy atom. The smallest absolute Gasteiger partial charge is 0.0645 e. The van der Waals surface area contributed by atoms with E-state index in [9.17, 15) is 0 Å². The summed E-state index contributed by atoms with van der Waals surface area (Å²) in [5.74, 6) is 1.20. The standard InChI is InChI=1S/C7H11ClO/c1-2-6-5-7(6)9-4-3-8/h2,6-7H,1,3-5H2/t6-,7-/m0/s1. The molecule has 0 aromatic heterocycles. The maximum atomic E-state index is 5.41. The predicted octanol–water partition coefficient (Wildman–Crippen LogP) is 1.82. The van der Waals surface area contributed by atoms with E-state index in [4.69, 9.17) is 16.3 Å². The third-order valence-corrected chi connectivity index (χ3v) is 1.65. The quantitative estimate of drug-likeness (QED) is 0.434. The largest absolute Gasteiger partial charge is 0.376 e. The van der Waals surface area contributed by atoms with Gasteiger partial charge < -0.3 is 4.74 Å². The highest BCUT2D eigenvalue weighted by Crippen LogP contribution is 2.34. The monoisotopic (exact) mass is 146 g/mol. The Morgan fingerprint density at radius 2 is 2.56 bits per heavy atom. The second-order valence-corrected chi connectivity index (χ2v) is 2.61. The van der Waals surface area contributed by atoms with Crippen LogP contribution in [0.1, 0.15) is 6.42 Å². The van der Waals surface area contributed by atoms with Crippen molar-refractivity contribution in [3.05, 3.63) is 12.7 Å². The molecule has 1 fully saturated rings. The van der Waals surface area contributed by atoms with Crippen molar-refractivity contribution < 1.29 is 4.74 Å². The molecule has 0 aromatic rings. The van der Waals surface area contributed by atoms with Crippen LogP contribution < -0.4 is 0 Å². The number of ether oxygens (including phenoxy) is 1. The van der Waals surface area contributed by atoms with Gasteiger partial charge in [0.25, 0.3) is 0 Å². The maximum absolute atomic E-state index is 5.41. The van der Waals surface area contributed by atoms with Gasteiger partial charge in [0, 0.05) is 11.8 Å². The summed E-state index contributed by atoms with van der Waals surface area (Å²) in [6.07, 6.45) is 3.51. The summed E-state index contributed by atoms with van der Waals surface area (Å²) in [5.41, 5.74) is 0. The molecule has 0 unspecified atom stereocenters. The first-order valence-electron chi connectivity index (χ1n) is 3.18. The van der Waals surface area contributed by atoms with Crippen LogP contribution in [0, 0.1) is 5.92 Å². The number of halogens is 1. The molecule has 2 heteroatoms.